The van der Waals surface area contributed by atoms with E-state index >= 15 is 0 Å². The summed E-state index contributed by atoms with van der Waals surface area (Å²) in [6.45, 7) is 0. The minimum Gasteiger partial charge on any atom is -0.349 e. The van der Waals surface area contributed by atoms with Crippen LogP contribution in [-0.4, -0.2) is 22.8 Å². The van der Waals surface area contributed by atoms with E-state index in [1.165, 1.54) is 18.5 Å². The highest BCUT2D eigenvalue weighted by molar-refractivity contribution is 6.35. The van der Waals surface area contributed by atoms with Gasteiger partial charge in [-0.2, -0.15) is 0 Å². The highest BCUT2D eigenvalue weighted by Crippen LogP contribution is 2.23. The summed E-state index contributed by atoms with van der Waals surface area (Å²) in [6, 6.07) is 6.50. The normalized spacial score (nSPS) is 14.3. The number of hydrogen-bond donors (Lipinski definition) is 2. The van der Waals surface area contributed by atoms with Crippen LogP contribution in [-0.2, 0) is 0 Å². The molecular formula is C18H17Cl2N3O2. The zero-order valence-corrected chi connectivity index (χ0v) is 14.9. The maximum absolute atomic E-state index is 12.4. The second-order valence-electron chi connectivity index (χ2n) is 6.03. The number of carbonyl (C=O) groups is 2. The highest BCUT2D eigenvalue weighted by Gasteiger charge is 2.19. The average molecular weight is 378 g/mol. The van der Waals surface area contributed by atoms with Crippen molar-refractivity contribution in [3.05, 3.63) is 57.8 Å². The molecule has 1 aromatic carbocycles. The SMILES string of the molecule is O=C(Nc1cc(Cl)cc(Cl)c1)c1cncc(C(=O)NC2CCCC2)c1. The number of carbonyl (C=O) groups excluding carboxylic acids is 2. The molecule has 2 aromatic rings. The average Bonchev–Trinajstić information content (AvgIpc) is 3.07. The van der Waals surface area contributed by atoms with Crippen molar-refractivity contribution >= 4 is 40.7 Å². The molecule has 0 spiro atoms. The molecule has 1 heterocycles. The molecule has 0 unspecified atom stereocenters. The summed E-state index contributed by atoms with van der Waals surface area (Å²) in [5.74, 6) is -0.596. The number of anilines is 1. The van der Waals surface area contributed by atoms with Crippen molar-refractivity contribution in [2.45, 2.75) is 31.7 Å². The van der Waals surface area contributed by atoms with Gasteiger partial charge in [0.05, 0.1) is 11.1 Å². The Kier molecular flexibility index (Phi) is 5.56. The Labute approximate surface area is 155 Å². The predicted octanol–water partition coefficient (Wildman–Crippen LogP) is 4.31. The molecule has 0 bridgehead atoms. The van der Waals surface area contributed by atoms with Crippen LogP contribution in [0.15, 0.2) is 36.7 Å². The Morgan fingerprint density at radius 2 is 1.52 bits per heavy atom. The predicted molar refractivity (Wildman–Crippen MR) is 98.4 cm³/mol. The molecule has 25 heavy (non-hydrogen) atoms. The number of nitrogens with zero attached hydrogens (tertiary/aromatic N) is 1. The quantitative estimate of drug-likeness (QED) is 0.833. The smallest absolute Gasteiger partial charge is 0.257 e. The van der Waals surface area contributed by atoms with E-state index in [1.807, 2.05) is 0 Å². The summed E-state index contributed by atoms with van der Waals surface area (Å²) in [7, 11) is 0. The molecule has 1 aromatic heterocycles. The van der Waals surface area contributed by atoms with Crippen LogP contribution < -0.4 is 10.6 Å². The summed E-state index contributed by atoms with van der Waals surface area (Å²) in [5, 5.41) is 6.52. The Balaban J connectivity index is 1.71. The van der Waals surface area contributed by atoms with Gasteiger partial charge in [0.15, 0.2) is 0 Å². The van der Waals surface area contributed by atoms with Crippen LogP contribution in [0.3, 0.4) is 0 Å². The second-order valence-corrected chi connectivity index (χ2v) is 6.90. The third kappa shape index (κ3) is 4.71. The third-order valence-corrected chi connectivity index (χ3v) is 4.51. The number of aromatic nitrogens is 1. The van der Waals surface area contributed by atoms with Gasteiger partial charge in [0.25, 0.3) is 11.8 Å². The van der Waals surface area contributed by atoms with Crippen molar-refractivity contribution in [1.82, 2.24) is 10.3 Å². The van der Waals surface area contributed by atoms with E-state index in [0.29, 0.717) is 21.3 Å². The molecule has 0 saturated heterocycles. The topological polar surface area (TPSA) is 71.1 Å². The van der Waals surface area contributed by atoms with Gasteiger partial charge in [-0.3, -0.25) is 14.6 Å². The fourth-order valence-electron chi connectivity index (χ4n) is 2.86. The second kappa shape index (κ2) is 7.85. The molecule has 0 aliphatic heterocycles. The first-order valence-electron chi connectivity index (χ1n) is 8.04. The van der Waals surface area contributed by atoms with Gasteiger partial charge < -0.3 is 10.6 Å². The molecule has 1 fully saturated rings. The van der Waals surface area contributed by atoms with E-state index in [2.05, 4.69) is 15.6 Å². The number of hydrogen-bond acceptors (Lipinski definition) is 3. The van der Waals surface area contributed by atoms with E-state index < -0.39 is 0 Å². The Morgan fingerprint density at radius 1 is 0.920 bits per heavy atom. The lowest BCUT2D eigenvalue weighted by Gasteiger charge is -2.12. The first kappa shape index (κ1) is 17.7. The zero-order chi connectivity index (χ0) is 17.8. The highest BCUT2D eigenvalue weighted by atomic mass is 35.5. The molecule has 1 saturated carbocycles. The summed E-state index contributed by atoms with van der Waals surface area (Å²) in [5.41, 5.74) is 1.13. The maximum Gasteiger partial charge on any atom is 0.257 e. The lowest BCUT2D eigenvalue weighted by molar-refractivity contribution is 0.0937. The van der Waals surface area contributed by atoms with E-state index in [9.17, 15) is 9.59 Å². The summed E-state index contributed by atoms with van der Waals surface area (Å²) in [4.78, 5) is 28.7. The van der Waals surface area contributed by atoms with Crippen LogP contribution in [0.4, 0.5) is 5.69 Å². The largest absolute Gasteiger partial charge is 0.349 e. The van der Waals surface area contributed by atoms with Gasteiger partial charge in [0.2, 0.25) is 0 Å². The minimum atomic E-state index is -0.388. The van der Waals surface area contributed by atoms with Crippen LogP contribution >= 0.6 is 23.2 Å². The molecule has 1 aliphatic carbocycles. The van der Waals surface area contributed by atoms with Gasteiger partial charge in [-0.1, -0.05) is 36.0 Å². The molecule has 0 radical (unpaired) electrons. The first-order chi connectivity index (χ1) is 12.0. The van der Waals surface area contributed by atoms with Crippen LogP contribution in [0.5, 0.6) is 0 Å². The number of halogens is 2. The molecule has 7 heteroatoms. The van der Waals surface area contributed by atoms with Gasteiger partial charge in [0.1, 0.15) is 0 Å². The fourth-order valence-corrected chi connectivity index (χ4v) is 3.38. The number of amides is 2. The third-order valence-electron chi connectivity index (χ3n) is 4.07. The van der Waals surface area contributed by atoms with Gasteiger partial charge in [-0.05, 0) is 37.1 Å². The van der Waals surface area contributed by atoms with Crippen molar-refractivity contribution in [1.29, 1.82) is 0 Å². The van der Waals surface area contributed by atoms with Crippen LogP contribution in [0, 0.1) is 0 Å². The number of benzene rings is 1. The van der Waals surface area contributed by atoms with Crippen LogP contribution in [0.25, 0.3) is 0 Å². The molecule has 0 atom stereocenters. The van der Waals surface area contributed by atoms with Crippen molar-refractivity contribution in [2.24, 2.45) is 0 Å². The first-order valence-corrected chi connectivity index (χ1v) is 8.80. The van der Waals surface area contributed by atoms with Crippen LogP contribution in [0.2, 0.25) is 10.0 Å². The van der Waals surface area contributed by atoms with Crippen molar-refractivity contribution < 1.29 is 9.59 Å². The Bertz CT molecular complexity index is 784. The van der Waals surface area contributed by atoms with Crippen molar-refractivity contribution in [2.75, 3.05) is 5.32 Å². The summed E-state index contributed by atoms with van der Waals surface area (Å²) < 4.78 is 0. The molecule has 1 aliphatic rings. The molecule has 5 nitrogen and oxygen atoms in total. The lowest BCUT2D eigenvalue weighted by Crippen LogP contribution is -2.32. The fraction of sp³-hybridized carbons (Fsp3) is 0.278. The minimum absolute atomic E-state index is 0.207. The van der Waals surface area contributed by atoms with Gasteiger partial charge in [-0.25, -0.2) is 0 Å². The van der Waals surface area contributed by atoms with E-state index in [-0.39, 0.29) is 23.4 Å². The molecule has 2 N–H and O–H groups in total. The molecule has 130 valence electrons. The van der Waals surface area contributed by atoms with Crippen molar-refractivity contribution in [3.63, 3.8) is 0 Å². The Morgan fingerprint density at radius 3 is 2.16 bits per heavy atom. The number of nitrogens with one attached hydrogen (secondary N) is 2. The van der Waals surface area contributed by atoms with Gasteiger partial charge >= 0.3 is 0 Å². The summed E-state index contributed by atoms with van der Waals surface area (Å²) >= 11 is 11.9. The molecule has 2 amide bonds. The summed E-state index contributed by atoms with van der Waals surface area (Å²) in [6.07, 6.45) is 7.12. The van der Waals surface area contributed by atoms with E-state index in [1.54, 1.807) is 18.2 Å². The number of rotatable bonds is 4. The van der Waals surface area contributed by atoms with E-state index in [0.717, 1.165) is 25.7 Å². The standard InChI is InChI=1S/C18H17Cl2N3O2/c19-13-6-14(20)8-16(7-13)23-18(25)12-5-11(9-21-10-12)17(24)22-15-3-1-2-4-15/h5-10,15H,1-4H2,(H,22,24)(H,23,25). The molecular weight excluding hydrogens is 361 g/mol. The molecule has 3 rings (SSSR count). The van der Waals surface area contributed by atoms with Crippen LogP contribution in [0.1, 0.15) is 46.4 Å². The maximum atomic E-state index is 12.4. The lowest BCUT2D eigenvalue weighted by atomic mass is 10.1. The van der Waals surface area contributed by atoms with Gasteiger partial charge in [-0.15, -0.1) is 0 Å². The zero-order valence-electron chi connectivity index (χ0n) is 13.4. The monoisotopic (exact) mass is 377 g/mol. The van der Waals surface area contributed by atoms with Gasteiger partial charge in [0, 0.05) is 34.2 Å². The Hall–Kier alpha value is -2.11. The van der Waals surface area contributed by atoms with E-state index in [4.69, 9.17) is 23.2 Å². The van der Waals surface area contributed by atoms with Crippen molar-refractivity contribution in [3.8, 4) is 0 Å². The number of pyridine rings is 1.